The standard InChI is InChI=1S/C19H19F2NO4S/c1-26-19(23)13-2-6-15(10-13)22-27(24,25)16-7-3-12(4-8-16)17-9-5-14(20)11-18(17)21/h3-5,7-9,11,13,15,22H,2,6,10H2,1H3/t13-,15-/m0/s1. The Labute approximate surface area is 156 Å². The van der Waals surface area contributed by atoms with E-state index in [4.69, 9.17) is 4.74 Å². The molecule has 8 heteroatoms. The summed E-state index contributed by atoms with van der Waals surface area (Å²) in [6.07, 6.45) is 1.52. The second-order valence-corrected chi connectivity index (χ2v) is 8.21. The summed E-state index contributed by atoms with van der Waals surface area (Å²) in [5.41, 5.74) is 0.628. The second-order valence-electron chi connectivity index (χ2n) is 6.50. The molecule has 0 saturated heterocycles. The van der Waals surface area contributed by atoms with Crippen LogP contribution in [0.5, 0.6) is 0 Å². The van der Waals surface area contributed by atoms with Gasteiger partial charge in [0, 0.05) is 17.7 Å². The molecule has 0 aromatic heterocycles. The van der Waals surface area contributed by atoms with Crippen molar-refractivity contribution in [2.24, 2.45) is 5.92 Å². The molecule has 1 fully saturated rings. The molecule has 0 spiro atoms. The van der Waals surface area contributed by atoms with E-state index < -0.39 is 21.7 Å². The molecule has 2 atom stereocenters. The van der Waals surface area contributed by atoms with E-state index in [1.54, 1.807) is 0 Å². The molecule has 2 aromatic rings. The highest BCUT2D eigenvalue weighted by Crippen LogP contribution is 2.29. The van der Waals surface area contributed by atoms with E-state index in [-0.39, 0.29) is 28.4 Å². The molecule has 5 nitrogen and oxygen atoms in total. The molecule has 0 unspecified atom stereocenters. The minimum Gasteiger partial charge on any atom is -0.469 e. The summed E-state index contributed by atoms with van der Waals surface area (Å²) in [6, 6.07) is 8.56. The van der Waals surface area contributed by atoms with Crippen LogP contribution in [-0.2, 0) is 19.6 Å². The van der Waals surface area contributed by atoms with E-state index in [0.29, 0.717) is 24.8 Å². The maximum atomic E-state index is 13.9. The summed E-state index contributed by atoms with van der Waals surface area (Å²) in [5, 5.41) is 0. The Morgan fingerprint density at radius 1 is 1.11 bits per heavy atom. The topological polar surface area (TPSA) is 72.5 Å². The minimum atomic E-state index is -3.77. The van der Waals surface area contributed by atoms with Gasteiger partial charge in [0.1, 0.15) is 11.6 Å². The Hall–Kier alpha value is -2.32. The van der Waals surface area contributed by atoms with E-state index in [1.165, 1.54) is 37.4 Å². The number of hydrogen-bond acceptors (Lipinski definition) is 4. The van der Waals surface area contributed by atoms with Crippen LogP contribution >= 0.6 is 0 Å². The van der Waals surface area contributed by atoms with Gasteiger partial charge >= 0.3 is 5.97 Å². The van der Waals surface area contributed by atoms with Crippen molar-refractivity contribution in [1.82, 2.24) is 4.72 Å². The number of carbonyl (C=O) groups is 1. The SMILES string of the molecule is COC(=O)[C@H]1CC[C@H](NS(=O)(=O)c2ccc(-c3ccc(F)cc3F)cc2)C1. The van der Waals surface area contributed by atoms with Gasteiger partial charge in [0.15, 0.2) is 0 Å². The van der Waals surface area contributed by atoms with Crippen molar-refractivity contribution in [1.29, 1.82) is 0 Å². The van der Waals surface area contributed by atoms with Gasteiger partial charge in [-0.1, -0.05) is 12.1 Å². The number of nitrogens with one attached hydrogen (secondary N) is 1. The molecular formula is C19H19F2NO4S. The summed E-state index contributed by atoms with van der Waals surface area (Å²) in [6.45, 7) is 0. The lowest BCUT2D eigenvalue weighted by molar-refractivity contribution is -0.145. The Bertz CT molecular complexity index is 945. The molecule has 2 aromatic carbocycles. The summed E-state index contributed by atoms with van der Waals surface area (Å²) >= 11 is 0. The highest BCUT2D eigenvalue weighted by atomic mass is 32.2. The van der Waals surface area contributed by atoms with Gasteiger partial charge in [-0.3, -0.25) is 4.79 Å². The van der Waals surface area contributed by atoms with Gasteiger partial charge in [-0.25, -0.2) is 21.9 Å². The molecule has 0 amide bonds. The maximum absolute atomic E-state index is 13.9. The first-order valence-electron chi connectivity index (χ1n) is 8.46. The first-order chi connectivity index (χ1) is 12.8. The second kappa shape index (κ2) is 7.74. The molecular weight excluding hydrogens is 376 g/mol. The largest absolute Gasteiger partial charge is 0.469 e. The zero-order valence-electron chi connectivity index (χ0n) is 14.6. The van der Waals surface area contributed by atoms with Crippen LogP contribution in [0.4, 0.5) is 8.78 Å². The van der Waals surface area contributed by atoms with E-state index in [0.717, 1.165) is 12.1 Å². The predicted octanol–water partition coefficient (Wildman–Crippen LogP) is 3.25. The van der Waals surface area contributed by atoms with Gasteiger partial charge in [-0.2, -0.15) is 0 Å². The summed E-state index contributed by atoms with van der Waals surface area (Å²) in [5.74, 6) is -2.03. The Kier molecular flexibility index (Phi) is 5.57. The Balaban J connectivity index is 1.73. The van der Waals surface area contributed by atoms with Gasteiger partial charge in [-0.15, -0.1) is 0 Å². The van der Waals surface area contributed by atoms with Crippen LogP contribution in [0.25, 0.3) is 11.1 Å². The summed E-state index contributed by atoms with van der Waals surface area (Å²) < 4.78 is 59.3. The third-order valence-corrected chi connectivity index (χ3v) is 6.23. The van der Waals surface area contributed by atoms with Crippen LogP contribution in [-0.4, -0.2) is 27.5 Å². The number of hydrogen-bond donors (Lipinski definition) is 1. The first kappa shape index (κ1) is 19.4. The highest BCUT2D eigenvalue weighted by molar-refractivity contribution is 7.89. The maximum Gasteiger partial charge on any atom is 0.308 e. The van der Waals surface area contributed by atoms with Gasteiger partial charge < -0.3 is 4.74 Å². The molecule has 0 bridgehead atoms. The number of benzene rings is 2. The van der Waals surface area contributed by atoms with Crippen LogP contribution in [0.3, 0.4) is 0 Å². The number of carbonyl (C=O) groups excluding carboxylic acids is 1. The zero-order chi connectivity index (χ0) is 19.6. The smallest absolute Gasteiger partial charge is 0.308 e. The number of halogens is 2. The minimum absolute atomic E-state index is 0.0373. The fourth-order valence-electron chi connectivity index (χ4n) is 3.29. The van der Waals surface area contributed by atoms with Gasteiger partial charge in [0.2, 0.25) is 10.0 Å². The average molecular weight is 395 g/mol. The van der Waals surface area contributed by atoms with E-state index in [2.05, 4.69) is 4.72 Å². The Morgan fingerprint density at radius 2 is 1.81 bits per heavy atom. The molecule has 27 heavy (non-hydrogen) atoms. The number of rotatable bonds is 5. The molecule has 1 aliphatic carbocycles. The third-order valence-electron chi connectivity index (χ3n) is 4.70. The Morgan fingerprint density at radius 3 is 2.44 bits per heavy atom. The van der Waals surface area contributed by atoms with Crippen molar-refractivity contribution in [3.05, 3.63) is 54.1 Å². The van der Waals surface area contributed by atoms with E-state index in [1.807, 2.05) is 0 Å². The number of sulfonamides is 1. The summed E-state index contributed by atoms with van der Waals surface area (Å²) in [7, 11) is -2.46. The fraction of sp³-hybridized carbons (Fsp3) is 0.316. The van der Waals surface area contributed by atoms with E-state index >= 15 is 0 Å². The van der Waals surface area contributed by atoms with Crippen molar-refractivity contribution < 1.29 is 26.7 Å². The van der Waals surface area contributed by atoms with Crippen LogP contribution in [0.15, 0.2) is 47.4 Å². The third kappa shape index (κ3) is 4.33. The molecule has 1 saturated carbocycles. The lowest BCUT2D eigenvalue weighted by atomic mass is 10.1. The van der Waals surface area contributed by atoms with Crippen LogP contribution in [0, 0.1) is 17.6 Å². The van der Waals surface area contributed by atoms with Crippen molar-refractivity contribution in [3.63, 3.8) is 0 Å². The van der Waals surface area contributed by atoms with Gasteiger partial charge in [0.25, 0.3) is 0 Å². The van der Waals surface area contributed by atoms with Crippen LogP contribution < -0.4 is 4.72 Å². The van der Waals surface area contributed by atoms with Crippen molar-refractivity contribution in [2.75, 3.05) is 7.11 Å². The number of methoxy groups -OCH3 is 1. The summed E-state index contributed by atoms with van der Waals surface area (Å²) in [4.78, 5) is 11.6. The van der Waals surface area contributed by atoms with Crippen molar-refractivity contribution in [3.8, 4) is 11.1 Å². The monoisotopic (exact) mass is 395 g/mol. The predicted molar refractivity (Wildman–Crippen MR) is 95.3 cm³/mol. The average Bonchev–Trinajstić information content (AvgIpc) is 3.09. The van der Waals surface area contributed by atoms with Gasteiger partial charge in [0.05, 0.1) is 17.9 Å². The van der Waals surface area contributed by atoms with Crippen molar-refractivity contribution in [2.45, 2.75) is 30.2 Å². The van der Waals surface area contributed by atoms with Crippen molar-refractivity contribution >= 4 is 16.0 Å². The molecule has 1 N–H and O–H groups in total. The molecule has 144 valence electrons. The lowest BCUT2D eigenvalue weighted by Crippen LogP contribution is -2.33. The molecule has 0 heterocycles. The first-order valence-corrected chi connectivity index (χ1v) is 9.94. The molecule has 0 aliphatic heterocycles. The zero-order valence-corrected chi connectivity index (χ0v) is 15.4. The molecule has 3 rings (SSSR count). The molecule has 0 radical (unpaired) electrons. The highest BCUT2D eigenvalue weighted by Gasteiger charge is 2.33. The normalized spacial score (nSPS) is 19.8. The number of ether oxygens (including phenoxy) is 1. The lowest BCUT2D eigenvalue weighted by Gasteiger charge is -2.14. The number of esters is 1. The van der Waals surface area contributed by atoms with Crippen LogP contribution in [0.1, 0.15) is 19.3 Å². The quantitative estimate of drug-likeness (QED) is 0.789. The van der Waals surface area contributed by atoms with E-state index in [9.17, 15) is 22.0 Å². The molecule has 1 aliphatic rings. The van der Waals surface area contributed by atoms with Gasteiger partial charge in [-0.05, 0) is 49.1 Å². The fourth-order valence-corrected chi connectivity index (χ4v) is 4.58. The van der Waals surface area contributed by atoms with Crippen LogP contribution in [0.2, 0.25) is 0 Å².